The number of nitrogens with zero attached hydrogens (tertiary/aromatic N) is 1. The molecule has 1 aliphatic rings. The van der Waals surface area contributed by atoms with Crippen LogP contribution in [-0.4, -0.2) is 30.1 Å². The number of nitrogens with one attached hydrogen (secondary N) is 1. The minimum atomic E-state index is -0.533. The van der Waals surface area contributed by atoms with Gasteiger partial charge in [-0.3, -0.25) is 4.79 Å². The number of nitrogens with two attached hydrogens (primary N) is 2. The zero-order valence-electron chi connectivity index (χ0n) is 10.2. The summed E-state index contributed by atoms with van der Waals surface area (Å²) in [5.74, 6) is -0.0517. The van der Waals surface area contributed by atoms with E-state index in [0.29, 0.717) is 29.7 Å². The van der Waals surface area contributed by atoms with Crippen LogP contribution in [0.1, 0.15) is 29.6 Å². The maximum atomic E-state index is 11.3. The van der Waals surface area contributed by atoms with Crippen molar-refractivity contribution in [2.45, 2.75) is 25.4 Å². The molecule has 1 aromatic rings. The molecule has 0 spiro atoms. The molecule has 6 heteroatoms. The summed E-state index contributed by atoms with van der Waals surface area (Å²) < 4.78 is 5.52. The molecule has 0 aliphatic carbocycles. The Labute approximate surface area is 106 Å². The molecule has 2 rings (SSSR count). The predicted molar refractivity (Wildman–Crippen MR) is 69.2 cm³/mol. The number of carbonyl (C=O) groups is 1. The summed E-state index contributed by atoms with van der Waals surface area (Å²) in [6, 6.07) is 1.53. The van der Waals surface area contributed by atoms with E-state index in [1.165, 1.54) is 12.3 Å². The molecule has 1 atom stereocenters. The molecular formula is C12H18N4O2. The molecule has 0 bridgehead atoms. The Bertz CT molecular complexity index is 430. The van der Waals surface area contributed by atoms with Gasteiger partial charge < -0.3 is 21.5 Å². The first-order valence-corrected chi connectivity index (χ1v) is 6.07. The van der Waals surface area contributed by atoms with Crippen molar-refractivity contribution in [3.05, 3.63) is 17.8 Å². The average Bonchev–Trinajstić information content (AvgIpc) is 2.84. The molecule has 0 saturated carbocycles. The van der Waals surface area contributed by atoms with Crippen molar-refractivity contribution in [1.82, 2.24) is 4.98 Å². The molecule has 1 amide bonds. The number of ether oxygens (including phenoxy) is 1. The summed E-state index contributed by atoms with van der Waals surface area (Å²) in [6.07, 6.45) is 4.92. The van der Waals surface area contributed by atoms with Crippen LogP contribution in [0.3, 0.4) is 0 Å². The molecular weight excluding hydrogens is 232 g/mol. The maximum absolute atomic E-state index is 11.3. The Hall–Kier alpha value is -1.82. The van der Waals surface area contributed by atoms with Crippen molar-refractivity contribution in [3.8, 4) is 0 Å². The third kappa shape index (κ3) is 3.10. The van der Waals surface area contributed by atoms with Gasteiger partial charge in [-0.1, -0.05) is 0 Å². The summed E-state index contributed by atoms with van der Waals surface area (Å²) in [4.78, 5) is 15.3. The van der Waals surface area contributed by atoms with Crippen LogP contribution in [0.15, 0.2) is 12.3 Å². The maximum Gasteiger partial charge on any atom is 0.252 e. The average molecular weight is 250 g/mol. The van der Waals surface area contributed by atoms with Gasteiger partial charge in [0.15, 0.2) is 0 Å². The molecule has 0 aromatic carbocycles. The number of anilines is 2. The molecule has 6 nitrogen and oxygen atoms in total. The minimum Gasteiger partial charge on any atom is -0.397 e. The molecule has 5 N–H and O–H groups in total. The van der Waals surface area contributed by atoms with E-state index < -0.39 is 5.91 Å². The summed E-state index contributed by atoms with van der Waals surface area (Å²) in [7, 11) is 0. The van der Waals surface area contributed by atoms with Crippen molar-refractivity contribution in [2.24, 2.45) is 5.73 Å². The number of primary amides is 1. The Balaban J connectivity index is 1.93. The third-order valence-electron chi connectivity index (χ3n) is 2.96. The van der Waals surface area contributed by atoms with E-state index in [0.717, 1.165) is 25.9 Å². The lowest BCUT2D eigenvalue weighted by Gasteiger charge is -2.12. The summed E-state index contributed by atoms with van der Waals surface area (Å²) in [6.45, 7) is 1.54. The predicted octanol–water partition coefficient (Wildman–Crippen LogP) is 0.744. The fourth-order valence-electron chi connectivity index (χ4n) is 2.03. The Morgan fingerprint density at radius 2 is 2.44 bits per heavy atom. The van der Waals surface area contributed by atoms with Gasteiger partial charge in [0.2, 0.25) is 0 Å². The third-order valence-corrected chi connectivity index (χ3v) is 2.96. The lowest BCUT2D eigenvalue weighted by atomic mass is 10.2. The van der Waals surface area contributed by atoms with E-state index in [2.05, 4.69) is 10.3 Å². The minimum absolute atomic E-state index is 0.309. The molecule has 1 aliphatic heterocycles. The van der Waals surface area contributed by atoms with Gasteiger partial charge in [-0.15, -0.1) is 0 Å². The SMILES string of the molecule is NC(=O)c1cc(N)cnc1NCCC1CCCO1. The van der Waals surface area contributed by atoms with Crippen LogP contribution in [0.4, 0.5) is 11.5 Å². The number of aromatic nitrogens is 1. The lowest BCUT2D eigenvalue weighted by Crippen LogP contribution is -2.18. The van der Waals surface area contributed by atoms with Crippen LogP contribution in [0.25, 0.3) is 0 Å². The van der Waals surface area contributed by atoms with Gasteiger partial charge in [0.05, 0.1) is 23.6 Å². The highest BCUT2D eigenvalue weighted by atomic mass is 16.5. The highest BCUT2D eigenvalue weighted by molar-refractivity contribution is 5.98. The molecule has 1 aromatic heterocycles. The van der Waals surface area contributed by atoms with Gasteiger partial charge in [0.25, 0.3) is 5.91 Å². The van der Waals surface area contributed by atoms with E-state index in [9.17, 15) is 4.79 Å². The van der Waals surface area contributed by atoms with Crippen LogP contribution in [0, 0.1) is 0 Å². The number of pyridine rings is 1. The highest BCUT2D eigenvalue weighted by Crippen LogP contribution is 2.17. The fraction of sp³-hybridized carbons (Fsp3) is 0.500. The highest BCUT2D eigenvalue weighted by Gasteiger charge is 2.15. The summed E-state index contributed by atoms with van der Waals surface area (Å²) in [5, 5.41) is 3.10. The van der Waals surface area contributed by atoms with Crippen molar-refractivity contribution < 1.29 is 9.53 Å². The van der Waals surface area contributed by atoms with Gasteiger partial charge in [-0.2, -0.15) is 0 Å². The first-order chi connectivity index (χ1) is 8.66. The van der Waals surface area contributed by atoms with E-state index in [1.807, 2.05) is 0 Å². The number of carbonyl (C=O) groups excluding carboxylic acids is 1. The van der Waals surface area contributed by atoms with Crippen LogP contribution >= 0.6 is 0 Å². The number of hydrogen-bond acceptors (Lipinski definition) is 5. The van der Waals surface area contributed by atoms with Crippen molar-refractivity contribution in [3.63, 3.8) is 0 Å². The second kappa shape index (κ2) is 5.68. The fourth-order valence-corrected chi connectivity index (χ4v) is 2.03. The summed E-state index contributed by atoms with van der Waals surface area (Å²) in [5.41, 5.74) is 11.6. The van der Waals surface area contributed by atoms with Gasteiger partial charge >= 0.3 is 0 Å². The van der Waals surface area contributed by atoms with Gasteiger partial charge in [0.1, 0.15) is 5.82 Å². The Morgan fingerprint density at radius 3 is 3.11 bits per heavy atom. The molecule has 0 radical (unpaired) electrons. The quantitative estimate of drug-likeness (QED) is 0.715. The monoisotopic (exact) mass is 250 g/mol. The van der Waals surface area contributed by atoms with Crippen LogP contribution in [-0.2, 0) is 4.74 Å². The number of amides is 1. The van der Waals surface area contributed by atoms with Gasteiger partial charge in [-0.25, -0.2) is 4.98 Å². The largest absolute Gasteiger partial charge is 0.397 e. The van der Waals surface area contributed by atoms with Crippen molar-refractivity contribution in [1.29, 1.82) is 0 Å². The van der Waals surface area contributed by atoms with E-state index in [-0.39, 0.29) is 0 Å². The Kier molecular flexibility index (Phi) is 3.99. The van der Waals surface area contributed by atoms with Crippen LogP contribution in [0.5, 0.6) is 0 Å². The van der Waals surface area contributed by atoms with Crippen molar-refractivity contribution >= 4 is 17.4 Å². The van der Waals surface area contributed by atoms with Gasteiger partial charge in [0, 0.05) is 13.2 Å². The smallest absolute Gasteiger partial charge is 0.252 e. The second-order valence-electron chi connectivity index (χ2n) is 4.38. The van der Waals surface area contributed by atoms with Crippen molar-refractivity contribution in [2.75, 3.05) is 24.2 Å². The second-order valence-corrected chi connectivity index (χ2v) is 4.38. The zero-order valence-corrected chi connectivity index (χ0v) is 10.2. The zero-order chi connectivity index (χ0) is 13.0. The van der Waals surface area contributed by atoms with E-state index in [1.54, 1.807) is 0 Å². The Morgan fingerprint density at radius 1 is 1.61 bits per heavy atom. The van der Waals surface area contributed by atoms with Crippen LogP contribution < -0.4 is 16.8 Å². The van der Waals surface area contributed by atoms with Gasteiger partial charge in [-0.05, 0) is 25.3 Å². The molecule has 98 valence electrons. The molecule has 18 heavy (non-hydrogen) atoms. The molecule has 2 heterocycles. The van der Waals surface area contributed by atoms with Crippen LogP contribution in [0.2, 0.25) is 0 Å². The molecule has 1 saturated heterocycles. The molecule has 1 unspecified atom stereocenters. The normalized spacial score (nSPS) is 18.8. The van der Waals surface area contributed by atoms with E-state index >= 15 is 0 Å². The lowest BCUT2D eigenvalue weighted by molar-refractivity contribution is 0.100. The number of nitrogen functional groups attached to an aromatic ring is 1. The number of rotatable bonds is 5. The van der Waals surface area contributed by atoms with E-state index in [4.69, 9.17) is 16.2 Å². The summed E-state index contributed by atoms with van der Waals surface area (Å²) >= 11 is 0. The first-order valence-electron chi connectivity index (χ1n) is 6.07. The first kappa shape index (κ1) is 12.6. The number of hydrogen-bond donors (Lipinski definition) is 3. The molecule has 1 fully saturated rings. The standard InChI is InChI=1S/C12H18N4O2/c13-8-6-10(11(14)17)12(16-7-8)15-4-3-9-2-1-5-18-9/h6-7,9H,1-5,13H2,(H2,14,17)(H,15,16). The topological polar surface area (TPSA) is 103 Å².